The van der Waals surface area contributed by atoms with Gasteiger partial charge in [-0.1, -0.05) is 334 Å². The summed E-state index contributed by atoms with van der Waals surface area (Å²) in [6.07, 6.45) is -1.18. The predicted octanol–water partition coefficient (Wildman–Crippen LogP) is 19.7. The summed E-state index contributed by atoms with van der Waals surface area (Å²) in [6.45, 7) is 7.12. The minimum Gasteiger partial charge on any atom is -0.369 e. The van der Waals surface area contributed by atoms with Gasteiger partial charge in [0.15, 0.2) is 6.29 Å². The van der Waals surface area contributed by atoms with E-state index in [1.54, 1.807) is 31.9 Å². The average molecular weight is 1630 g/mol. The fourth-order valence-corrected chi connectivity index (χ4v) is 17.3. The molecule has 0 heterocycles. The van der Waals surface area contributed by atoms with Crippen LogP contribution in [0.5, 0.6) is 0 Å². The Bertz CT molecular complexity index is 4630. The maximum Gasteiger partial charge on any atom is 0.338 e. The number of benzene rings is 11. The summed E-state index contributed by atoms with van der Waals surface area (Å²) in [5, 5.41) is 2.41. The number of carbonyl (C=O) groups excluding carboxylic acids is 3. The third-order valence-electron chi connectivity index (χ3n) is 17.6. The first-order chi connectivity index (χ1) is 56.6. The van der Waals surface area contributed by atoms with Gasteiger partial charge < -0.3 is 51.4 Å². The van der Waals surface area contributed by atoms with E-state index < -0.39 is 58.7 Å². The molecule has 0 saturated heterocycles. The van der Waals surface area contributed by atoms with Crippen molar-refractivity contribution >= 4 is 41.2 Å². The minimum atomic E-state index is -3.43. The first-order valence-corrected chi connectivity index (χ1v) is 44.9. The lowest BCUT2D eigenvalue weighted by Gasteiger charge is -2.34. The van der Waals surface area contributed by atoms with Crippen LogP contribution in [0.3, 0.4) is 0 Å². The van der Waals surface area contributed by atoms with Crippen LogP contribution in [0, 0.1) is 0 Å². The van der Waals surface area contributed by atoms with E-state index in [2.05, 4.69) is 0 Å². The molecular formula is C94H103N2O17P3. The van der Waals surface area contributed by atoms with Crippen LogP contribution in [0.15, 0.2) is 346 Å². The SMILES string of the molecule is CP(=O)(/C=C/[C@@H](OCc1ccccc1)[C@@H](OCc1ccccc1)[C@H](CN(C=O)OCc1ccccc1)OCc1ccccc1)OCc1ccccc1.CP(C)(=O)CP(=O)(OCc1ccccc1)OCc1ccccc1.O=C[C@@H](OCc1ccccc1)[C@@H](OCc1ccccc1)[C@H](CN(C=O)OCc1ccccc1)OCc1ccccc1. The van der Waals surface area contributed by atoms with E-state index in [0.717, 1.165) is 67.5 Å². The Morgan fingerprint density at radius 3 is 0.784 bits per heavy atom. The molecule has 0 bridgehead atoms. The summed E-state index contributed by atoms with van der Waals surface area (Å²) < 4.78 is 94.6. The molecule has 2 amide bonds. The van der Waals surface area contributed by atoms with Gasteiger partial charge in [0.1, 0.15) is 55.7 Å². The summed E-state index contributed by atoms with van der Waals surface area (Å²) >= 11 is 0. The van der Waals surface area contributed by atoms with E-state index in [0.29, 0.717) is 12.8 Å². The maximum atomic E-state index is 13.8. The highest BCUT2D eigenvalue weighted by atomic mass is 31.2. The molecule has 19 nitrogen and oxygen atoms in total. The lowest BCUT2D eigenvalue weighted by atomic mass is 10.1. The molecule has 0 aromatic heterocycles. The van der Waals surface area contributed by atoms with Crippen molar-refractivity contribution in [3.63, 3.8) is 0 Å². The molecule has 0 aliphatic rings. The number of nitrogens with zero attached hydrogens (tertiary/aromatic N) is 2. The summed E-state index contributed by atoms with van der Waals surface area (Å²) in [5.74, 6) is 1.52. The van der Waals surface area contributed by atoms with Crippen molar-refractivity contribution in [2.24, 2.45) is 0 Å². The van der Waals surface area contributed by atoms with Crippen LogP contribution in [0.1, 0.15) is 61.2 Å². The number of hydroxylamine groups is 4. The molecule has 0 spiro atoms. The number of hydrogen-bond acceptors (Lipinski definition) is 17. The lowest BCUT2D eigenvalue weighted by molar-refractivity contribution is -0.207. The quantitative estimate of drug-likeness (QED) is 0.0197. The Hall–Kier alpha value is -9.98. The molecule has 0 aliphatic heterocycles. The standard InChI is InChI=1S/C43H46NO7P.C34H35NO6.C17H22O4P2/c1-52(46,51-34-40-25-15-6-16-26-40)28-27-41(47-30-36-17-7-2-8-18-36)43(49-32-38-21-11-4-12-22-38)42(48-31-37-19-9-3-10-20-37)29-44(35-45)50-33-39-23-13-5-14-24-39;36-22-33(39-24-29-15-7-2-8-16-29)34(40-25-30-17-9-3-10-18-30)32(38-23-28-13-5-1-6-14-28)21-35(27-37)41-26-31-19-11-4-12-20-31;1-22(2,18)15-23(19,20-13-16-9-5-3-6-10-16)21-14-17-11-7-4-8-12-17/h2-28,35,41-43H,29-34H2,1H3;1-20,22,27,32-34H,21,23-26H2;3-12H,13-15H2,1-2H3/b28-27+;;/t41-,42+,43-,52?;32-,33+,34-;/m10./s1. The Morgan fingerprint density at radius 1 is 0.284 bits per heavy atom. The zero-order valence-corrected chi connectivity index (χ0v) is 68.4. The van der Waals surface area contributed by atoms with E-state index in [1.165, 1.54) is 10.1 Å². The van der Waals surface area contributed by atoms with Crippen LogP contribution in [-0.2, 0) is 152 Å². The molecule has 11 rings (SSSR count). The second-order valence-corrected chi connectivity index (χ2v) is 36.0. The number of amides is 2. The van der Waals surface area contributed by atoms with Gasteiger partial charge in [0.05, 0.1) is 79.7 Å². The van der Waals surface area contributed by atoms with Crippen molar-refractivity contribution in [2.45, 2.75) is 109 Å². The minimum absolute atomic E-state index is 0.0155. The van der Waals surface area contributed by atoms with Gasteiger partial charge in [-0.3, -0.25) is 28.4 Å². The highest BCUT2D eigenvalue weighted by Crippen LogP contribution is 2.60. The first kappa shape index (κ1) is 89.9. The third-order valence-corrected chi connectivity index (χ3v) is 24.1. The summed E-state index contributed by atoms with van der Waals surface area (Å²) in [6, 6.07) is 106. The maximum absolute atomic E-state index is 13.8. The van der Waals surface area contributed by atoms with Crippen molar-refractivity contribution in [1.29, 1.82) is 0 Å². The Labute approximate surface area is 682 Å². The average Bonchev–Trinajstić information content (AvgIpc) is 0.849. The number of carbonyl (C=O) groups is 3. The van der Waals surface area contributed by atoms with Crippen LogP contribution < -0.4 is 0 Å². The largest absolute Gasteiger partial charge is 0.369 e. The zero-order chi connectivity index (χ0) is 81.6. The van der Waals surface area contributed by atoms with Crippen LogP contribution in [0.2, 0.25) is 0 Å². The fraction of sp³-hybridized carbons (Fsp3) is 0.245. The molecule has 0 saturated carbocycles. The van der Waals surface area contributed by atoms with Gasteiger partial charge in [-0.2, -0.15) is 0 Å². The van der Waals surface area contributed by atoms with E-state index in [9.17, 15) is 28.1 Å². The van der Waals surface area contributed by atoms with Crippen molar-refractivity contribution < 1.29 is 79.7 Å². The van der Waals surface area contributed by atoms with E-state index in [-0.39, 0.29) is 91.7 Å². The molecule has 606 valence electrons. The summed E-state index contributed by atoms with van der Waals surface area (Å²) in [5.41, 5.74) is 10.2. The molecule has 7 atom stereocenters. The summed E-state index contributed by atoms with van der Waals surface area (Å²) in [7, 11) is -9.22. The van der Waals surface area contributed by atoms with Gasteiger partial charge in [-0.15, -0.1) is 0 Å². The second kappa shape index (κ2) is 50.5. The van der Waals surface area contributed by atoms with Crippen molar-refractivity contribution in [3.05, 3.63) is 407 Å². The first-order valence-electron chi connectivity index (χ1n) is 38.2. The van der Waals surface area contributed by atoms with Crippen LogP contribution >= 0.6 is 22.1 Å². The van der Waals surface area contributed by atoms with Gasteiger partial charge in [0.2, 0.25) is 20.2 Å². The van der Waals surface area contributed by atoms with Gasteiger partial charge in [-0.25, -0.2) is 10.1 Å². The van der Waals surface area contributed by atoms with Gasteiger partial charge in [-0.05, 0) is 86.4 Å². The predicted molar refractivity (Wildman–Crippen MR) is 452 cm³/mol. The number of rotatable bonds is 48. The van der Waals surface area contributed by atoms with E-state index >= 15 is 0 Å². The Balaban J connectivity index is 0.000000213. The topological polar surface area (TPSA) is 210 Å². The smallest absolute Gasteiger partial charge is 0.338 e. The van der Waals surface area contributed by atoms with Crippen molar-refractivity contribution in [1.82, 2.24) is 10.1 Å². The van der Waals surface area contributed by atoms with Gasteiger partial charge in [0.25, 0.3) is 0 Å². The Morgan fingerprint density at radius 2 is 0.517 bits per heavy atom. The molecule has 0 aliphatic carbocycles. The molecule has 0 radical (unpaired) electrons. The molecule has 11 aromatic carbocycles. The number of aldehydes is 1. The molecular weight excluding hydrogens is 1520 g/mol. The van der Waals surface area contributed by atoms with Crippen LogP contribution in [-0.4, -0.2) is 105 Å². The van der Waals surface area contributed by atoms with E-state index in [1.807, 2.05) is 334 Å². The number of hydrogen-bond donors (Lipinski definition) is 0. The molecule has 1 unspecified atom stereocenters. The second-order valence-electron chi connectivity index (χ2n) is 27.6. The number of ether oxygens (including phenoxy) is 6. The van der Waals surface area contributed by atoms with Crippen molar-refractivity contribution in [2.75, 3.05) is 39.0 Å². The lowest BCUT2D eigenvalue weighted by Crippen LogP contribution is -2.48. The van der Waals surface area contributed by atoms with Gasteiger partial charge >= 0.3 is 7.60 Å². The molecule has 116 heavy (non-hydrogen) atoms. The molecule has 0 fully saturated rings. The fourth-order valence-electron chi connectivity index (χ4n) is 11.6. The summed E-state index contributed by atoms with van der Waals surface area (Å²) in [4.78, 5) is 48.8. The Kier molecular flexibility index (Phi) is 39.1. The molecule has 22 heteroatoms. The van der Waals surface area contributed by atoms with Crippen LogP contribution in [0.25, 0.3) is 0 Å². The third kappa shape index (κ3) is 34.8. The molecule has 11 aromatic rings. The van der Waals surface area contributed by atoms with Crippen LogP contribution in [0.4, 0.5) is 0 Å². The monoisotopic (exact) mass is 1620 g/mol. The van der Waals surface area contributed by atoms with E-state index in [4.69, 9.17) is 51.7 Å². The highest BCUT2D eigenvalue weighted by molar-refractivity contribution is 7.75. The molecule has 0 N–H and O–H groups in total. The normalized spacial score (nSPS) is 13.5. The zero-order valence-electron chi connectivity index (χ0n) is 65.7. The highest BCUT2D eigenvalue weighted by Gasteiger charge is 2.37. The van der Waals surface area contributed by atoms with Crippen molar-refractivity contribution in [3.8, 4) is 0 Å². The van der Waals surface area contributed by atoms with Gasteiger partial charge in [0, 0.05) is 6.66 Å².